The van der Waals surface area contributed by atoms with Crippen molar-refractivity contribution in [1.29, 1.82) is 0 Å². The first-order chi connectivity index (χ1) is 6.89. The van der Waals surface area contributed by atoms with E-state index in [1.807, 2.05) is 24.3 Å². The van der Waals surface area contributed by atoms with E-state index in [9.17, 15) is 4.79 Å². The smallest absolute Gasteiger partial charge is 0.322 e. The molecule has 3 nitrogen and oxygen atoms in total. The van der Waals surface area contributed by atoms with Gasteiger partial charge in [0.25, 0.3) is 0 Å². The summed E-state index contributed by atoms with van der Waals surface area (Å²) in [7, 11) is 0. The number of rotatable bonds is 3. The van der Waals surface area contributed by atoms with Gasteiger partial charge in [-0.2, -0.15) is 0 Å². The van der Waals surface area contributed by atoms with E-state index in [1.54, 1.807) is 0 Å². The topological polar surface area (TPSA) is 49.3 Å². The second kappa shape index (κ2) is 4.34. The van der Waals surface area contributed by atoms with Gasteiger partial charge in [-0.05, 0) is 23.1 Å². The molecule has 3 heteroatoms. The molecule has 0 saturated heterocycles. The summed E-state index contributed by atoms with van der Waals surface area (Å²) in [6.45, 7) is 6.34. The summed E-state index contributed by atoms with van der Waals surface area (Å²) in [6, 6.07) is 7.85. The summed E-state index contributed by atoms with van der Waals surface area (Å²) >= 11 is 0. The van der Waals surface area contributed by atoms with Crippen LogP contribution in [0.4, 0.5) is 5.69 Å². The normalized spacial score (nSPS) is 11.1. The van der Waals surface area contributed by atoms with Crippen LogP contribution in [0.2, 0.25) is 0 Å². The average Bonchev–Trinajstić information content (AvgIpc) is 2.14. The number of hydrogen-bond donors (Lipinski definition) is 2. The molecule has 0 amide bonds. The summed E-state index contributed by atoms with van der Waals surface area (Å²) in [5.41, 5.74) is 2.13. The van der Waals surface area contributed by atoms with E-state index >= 15 is 0 Å². The Kier molecular flexibility index (Phi) is 3.35. The van der Waals surface area contributed by atoms with Crippen LogP contribution in [0.15, 0.2) is 24.3 Å². The van der Waals surface area contributed by atoms with Gasteiger partial charge in [-0.25, -0.2) is 0 Å². The van der Waals surface area contributed by atoms with Crippen LogP contribution < -0.4 is 5.32 Å². The molecular formula is C12H17NO2. The first-order valence-electron chi connectivity index (χ1n) is 4.96. The minimum absolute atomic E-state index is 0.0480. The lowest BCUT2D eigenvalue weighted by Crippen LogP contribution is -2.14. The molecule has 0 atom stereocenters. The first-order valence-corrected chi connectivity index (χ1v) is 4.96. The number of carboxylic acid groups (broad SMARTS) is 1. The maximum Gasteiger partial charge on any atom is 0.322 e. The maximum atomic E-state index is 10.4. The van der Waals surface area contributed by atoms with E-state index in [-0.39, 0.29) is 12.0 Å². The van der Waals surface area contributed by atoms with Gasteiger partial charge in [0.2, 0.25) is 0 Å². The Morgan fingerprint density at radius 1 is 1.40 bits per heavy atom. The van der Waals surface area contributed by atoms with Gasteiger partial charge < -0.3 is 10.4 Å². The Morgan fingerprint density at radius 3 is 2.60 bits per heavy atom. The third kappa shape index (κ3) is 3.62. The molecule has 0 spiro atoms. The second-order valence-electron chi connectivity index (χ2n) is 4.58. The van der Waals surface area contributed by atoms with E-state index in [4.69, 9.17) is 5.11 Å². The maximum absolute atomic E-state index is 10.4. The number of benzene rings is 1. The fourth-order valence-electron chi connectivity index (χ4n) is 1.27. The molecule has 15 heavy (non-hydrogen) atoms. The van der Waals surface area contributed by atoms with Crippen LogP contribution in [0.1, 0.15) is 26.3 Å². The number of carboxylic acids is 1. The Bertz CT molecular complexity index is 353. The largest absolute Gasteiger partial charge is 0.480 e. The SMILES string of the molecule is CC(C)(C)c1cccc(NCC(=O)O)c1. The highest BCUT2D eigenvalue weighted by Gasteiger charge is 2.13. The van der Waals surface area contributed by atoms with Crippen molar-refractivity contribution in [3.05, 3.63) is 29.8 Å². The van der Waals surface area contributed by atoms with Crippen LogP contribution >= 0.6 is 0 Å². The van der Waals surface area contributed by atoms with Crippen LogP contribution in [0, 0.1) is 0 Å². The zero-order valence-electron chi connectivity index (χ0n) is 9.37. The number of anilines is 1. The molecule has 0 heterocycles. The third-order valence-electron chi connectivity index (χ3n) is 2.17. The predicted octanol–water partition coefficient (Wildman–Crippen LogP) is 2.48. The van der Waals surface area contributed by atoms with Crippen molar-refractivity contribution in [3.8, 4) is 0 Å². The Hall–Kier alpha value is -1.51. The highest BCUT2D eigenvalue weighted by atomic mass is 16.4. The van der Waals surface area contributed by atoms with Gasteiger partial charge in [0.1, 0.15) is 6.54 Å². The van der Waals surface area contributed by atoms with Gasteiger partial charge in [0.15, 0.2) is 0 Å². The van der Waals surface area contributed by atoms with E-state index in [0.29, 0.717) is 0 Å². The van der Waals surface area contributed by atoms with Crippen LogP contribution in [-0.4, -0.2) is 17.6 Å². The van der Waals surface area contributed by atoms with Gasteiger partial charge in [-0.1, -0.05) is 32.9 Å². The van der Waals surface area contributed by atoms with Crippen LogP contribution in [0.5, 0.6) is 0 Å². The molecule has 0 bridgehead atoms. The van der Waals surface area contributed by atoms with Gasteiger partial charge in [0.05, 0.1) is 0 Å². The molecule has 0 saturated carbocycles. The molecule has 82 valence electrons. The molecule has 0 radical (unpaired) electrons. The molecule has 1 aromatic carbocycles. The van der Waals surface area contributed by atoms with Gasteiger partial charge >= 0.3 is 5.97 Å². The highest BCUT2D eigenvalue weighted by Crippen LogP contribution is 2.24. The standard InChI is InChI=1S/C12H17NO2/c1-12(2,3)9-5-4-6-10(7-9)13-8-11(14)15/h4-7,13H,8H2,1-3H3,(H,14,15). The van der Waals surface area contributed by atoms with E-state index in [2.05, 4.69) is 26.1 Å². The van der Waals surface area contributed by atoms with E-state index < -0.39 is 5.97 Å². The molecule has 0 fully saturated rings. The fourth-order valence-corrected chi connectivity index (χ4v) is 1.27. The number of carbonyl (C=O) groups is 1. The molecule has 0 aliphatic carbocycles. The minimum atomic E-state index is -0.851. The summed E-state index contributed by atoms with van der Waals surface area (Å²) in [5, 5.41) is 11.4. The summed E-state index contributed by atoms with van der Waals surface area (Å²) in [5.74, 6) is -0.851. The number of nitrogens with one attached hydrogen (secondary N) is 1. The summed E-state index contributed by atoms with van der Waals surface area (Å²) < 4.78 is 0. The molecule has 1 rings (SSSR count). The monoisotopic (exact) mass is 207 g/mol. The summed E-state index contributed by atoms with van der Waals surface area (Å²) in [4.78, 5) is 10.4. The van der Waals surface area contributed by atoms with Crippen LogP contribution in [0.25, 0.3) is 0 Å². The average molecular weight is 207 g/mol. The molecule has 0 aromatic heterocycles. The van der Waals surface area contributed by atoms with Crippen molar-refractivity contribution >= 4 is 11.7 Å². The minimum Gasteiger partial charge on any atom is -0.480 e. The lowest BCUT2D eigenvalue weighted by molar-refractivity contribution is -0.134. The molecule has 2 N–H and O–H groups in total. The number of aliphatic carboxylic acids is 1. The van der Waals surface area contributed by atoms with Gasteiger partial charge in [0, 0.05) is 5.69 Å². The second-order valence-corrected chi connectivity index (χ2v) is 4.58. The van der Waals surface area contributed by atoms with Crippen LogP contribution in [-0.2, 0) is 10.2 Å². The molecule has 0 unspecified atom stereocenters. The van der Waals surface area contributed by atoms with Crippen LogP contribution in [0.3, 0.4) is 0 Å². The fraction of sp³-hybridized carbons (Fsp3) is 0.417. The lowest BCUT2D eigenvalue weighted by atomic mass is 9.87. The number of hydrogen-bond acceptors (Lipinski definition) is 2. The Morgan fingerprint density at radius 2 is 2.07 bits per heavy atom. The van der Waals surface area contributed by atoms with Gasteiger partial charge in [-0.15, -0.1) is 0 Å². The first kappa shape index (κ1) is 11.6. The Labute approximate surface area is 90.1 Å². The van der Waals surface area contributed by atoms with Crippen molar-refractivity contribution in [3.63, 3.8) is 0 Å². The van der Waals surface area contributed by atoms with Crippen molar-refractivity contribution < 1.29 is 9.90 Å². The van der Waals surface area contributed by atoms with Crippen molar-refractivity contribution in [2.24, 2.45) is 0 Å². The summed E-state index contributed by atoms with van der Waals surface area (Å²) in [6.07, 6.45) is 0. The van der Waals surface area contributed by atoms with E-state index in [1.165, 1.54) is 5.56 Å². The molecular weight excluding hydrogens is 190 g/mol. The Balaban J connectivity index is 2.79. The zero-order valence-corrected chi connectivity index (χ0v) is 9.37. The van der Waals surface area contributed by atoms with Crippen molar-refractivity contribution in [2.45, 2.75) is 26.2 Å². The third-order valence-corrected chi connectivity index (χ3v) is 2.17. The molecule has 1 aromatic rings. The van der Waals surface area contributed by atoms with Crippen molar-refractivity contribution in [2.75, 3.05) is 11.9 Å². The quantitative estimate of drug-likeness (QED) is 0.800. The van der Waals surface area contributed by atoms with Crippen molar-refractivity contribution in [1.82, 2.24) is 0 Å². The zero-order chi connectivity index (χ0) is 11.5. The predicted molar refractivity (Wildman–Crippen MR) is 61.3 cm³/mol. The highest BCUT2D eigenvalue weighted by molar-refractivity contribution is 5.72. The molecule has 0 aliphatic heterocycles. The van der Waals surface area contributed by atoms with Gasteiger partial charge in [-0.3, -0.25) is 4.79 Å². The van der Waals surface area contributed by atoms with E-state index in [0.717, 1.165) is 5.69 Å². The molecule has 0 aliphatic rings. The lowest BCUT2D eigenvalue weighted by Gasteiger charge is -2.19.